The quantitative estimate of drug-likeness (QED) is 0.397. The third kappa shape index (κ3) is 0.838. The van der Waals surface area contributed by atoms with Crippen LogP contribution in [0.1, 0.15) is 5.82 Å². The molecule has 0 amide bonds. The van der Waals surface area contributed by atoms with Gasteiger partial charge < -0.3 is 4.98 Å². The zero-order valence-electron chi connectivity index (χ0n) is 5.86. The summed E-state index contributed by atoms with van der Waals surface area (Å²) in [5.74, 6) is 1.12. The molecule has 6 heteroatoms. The standard InChI is InChI=1S/C5H7N5O/c1-2-6-4-3(5(11)7-2)8-10-9-4/h8,10H,1H3,(H2,6,7,9,11). The predicted molar refractivity (Wildman–Crippen MR) is 40.0 cm³/mol. The Kier molecular flexibility index (Phi) is 1.10. The number of rotatable bonds is 0. The molecule has 0 spiro atoms. The second-order valence-corrected chi connectivity index (χ2v) is 2.25. The zero-order chi connectivity index (χ0) is 7.84. The minimum Gasteiger partial charge on any atom is -0.309 e. The second-order valence-electron chi connectivity index (χ2n) is 2.25. The van der Waals surface area contributed by atoms with Crippen LogP contribution < -0.4 is 21.9 Å². The van der Waals surface area contributed by atoms with Crippen LogP contribution in [-0.2, 0) is 0 Å². The lowest BCUT2D eigenvalue weighted by Crippen LogP contribution is -2.21. The summed E-state index contributed by atoms with van der Waals surface area (Å²) in [6, 6.07) is 0. The van der Waals surface area contributed by atoms with Gasteiger partial charge >= 0.3 is 0 Å². The van der Waals surface area contributed by atoms with E-state index in [9.17, 15) is 4.79 Å². The van der Waals surface area contributed by atoms with Crippen molar-refractivity contribution in [3.63, 3.8) is 0 Å². The van der Waals surface area contributed by atoms with Gasteiger partial charge in [0.25, 0.3) is 5.56 Å². The van der Waals surface area contributed by atoms with Crippen LogP contribution in [0.4, 0.5) is 11.5 Å². The molecule has 0 fully saturated rings. The third-order valence-corrected chi connectivity index (χ3v) is 1.41. The van der Waals surface area contributed by atoms with Crippen LogP contribution >= 0.6 is 0 Å². The van der Waals surface area contributed by atoms with E-state index in [1.165, 1.54) is 0 Å². The van der Waals surface area contributed by atoms with E-state index in [1.54, 1.807) is 6.92 Å². The van der Waals surface area contributed by atoms with E-state index >= 15 is 0 Å². The van der Waals surface area contributed by atoms with Crippen molar-refractivity contribution >= 4 is 11.5 Å². The molecule has 2 rings (SSSR count). The number of hydrazine groups is 2. The van der Waals surface area contributed by atoms with Crippen LogP contribution in [0.15, 0.2) is 4.79 Å². The molecular formula is C5H7N5O. The highest BCUT2D eigenvalue weighted by Crippen LogP contribution is 2.14. The number of nitrogens with zero attached hydrogens (tertiary/aromatic N) is 1. The van der Waals surface area contributed by atoms with E-state index in [0.29, 0.717) is 17.3 Å². The molecule has 0 aromatic carbocycles. The van der Waals surface area contributed by atoms with Crippen LogP contribution in [0.3, 0.4) is 0 Å². The molecule has 4 N–H and O–H groups in total. The van der Waals surface area contributed by atoms with Gasteiger partial charge in [0.1, 0.15) is 5.82 Å². The fourth-order valence-corrected chi connectivity index (χ4v) is 0.945. The number of aryl methyl sites for hydroxylation is 1. The average Bonchev–Trinajstić information content (AvgIpc) is 2.34. The minimum absolute atomic E-state index is 0.176. The SMILES string of the molecule is Cc1nc2c(c(=O)[nH]1)NNN2. The van der Waals surface area contributed by atoms with Gasteiger partial charge in [0.2, 0.25) is 0 Å². The van der Waals surface area contributed by atoms with Gasteiger partial charge in [-0.3, -0.25) is 15.6 Å². The summed E-state index contributed by atoms with van der Waals surface area (Å²) < 4.78 is 0. The first-order valence-electron chi connectivity index (χ1n) is 3.15. The molecule has 0 bridgehead atoms. The molecule has 1 aliphatic rings. The topological polar surface area (TPSA) is 81.8 Å². The first-order valence-corrected chi connectivity index (χ1v) is 3.15. The van der Waals surface area contributed by atoms with E-state index in [4.69, 9.17) is 0 Å². The van der Waals surface area contributed by atoms with Gasteiger partial charge in [0.05, 0.1) is 0 Å². The molecule has 11 heavy (non-hydrogen) atoms. The van der Waals surface area contributed by atoms with Crippen LogP contribution in [0.2, 0.25) is 0 Å². The first kappa shape index (κ1) is 6.17. The second kappa shape index (κ2) is 1.96. The number of nitrogens with one attached hydrogen (secondary N) is 4. The van der Waals surface area contributed by atoms with Gasteiger partial charge in [0.15, 0.2) is 11.5 Å². The van der Waals surface area contributed by atoms with Crippen molar-refractivity contribution in [3.05, 3.63) is 16.2 Å². The number of aromatic nitrogens is 2. The Morgan fingerprint density at radius 1 is 1.36 bits per heavy atom. The van der Waals surface area contributed by atoms with E-state index in [1.807, 2.05) is 0 Å². The fourth-order valence-electron chi connectivity index (χ4n) is 0.945. The van der Waals surface area contributed by atoms with E-state index in [2.05, 4.69) is 26.4 Å². The maximum Gasteiger partial charge on any atom is 0.277 e. The summed E-state index contributed by atoms with van der Waals surface area (Å²) in [4.78, 5) is 17.7. The van der Waals surface area contributed by atoms with Crippen molar-refractivity contribution in [2.24, 2.45) is 0 Å². The zero-order valence-corrected chi connectivity index (χ0v) is 5.86. The summed E-state index contributed by atoms with van der Waals surface area (Å²) in [6.07, 6.45) is 0. The van der Waals surface area contributed by atoms with Crippen molar-refractivity contribution in [2.45, 2.75) is 6.92 Å². The molecule has 0 aliphatic carbocycles. The fraction of sp³-hybridized carbons (Fsp3) is 0.200. The average molecular weight is 153 g/mol. The Morgan fingerprint density at radius 2 is 2.18 bits per heavy atom. The van der Waals surface area contributed by atoms with Crippen LogP contribution in [0.5, 0.6) is 0 Å². The molecule has 0 saturated heterocycles. The molecule has 58 valence electrons. The van der Waals surface area contributed by atoms with E-state index in [-0.39, 0.29) is 5.56 Å². The molecule has 0 unspecified atom stereocenters. The van der Waals surface area contributed by atoms with Crippen molar-refractivity contribution in [1.82, 2.24) is 15.5 Å². The van der Waals surface area contributed by atoms with Gasteiger partial charge in [-0.15, -0.1) is 5.53 Å². The molecule has 0 atom stereocenters. The van der Waals surface area contributed by atoms with Crippen molar-refractivity contribution in [1.29, 1.82) is 0 Å². The Labute approximate surface area is 62.0 Å². The summed E-state index contributed by atoms with van der Waals surface area (Å²) in [5.41, 5.74) is 8.14. The number of H-pyrrole nitrogens is 1. The Hall–Kier alpha value is -1.56. The van der Waals surface area contributed by atoms with Gasteiger partial charge in [-0.2, -0.15) is 0 Å². The van der Waals surface area contributed by atoms with Gasteiger partial charge in [-0.05, 0) is 6.92 Å². The van der Waals surface area contributed by atoms with Gasteiger partial charge in [0, 0.05) is 0 Å². The third-order valence-electron chi connectivity index (χ3n) is 1.41. The normalized spacial score (nSPS) is 13.5. The predicted octanol–water partition coefficient (Wildman–Crippen LogP) is -0.665. The molecule has 0 saturated carbocycles. The van der Waals surface area contributed by atoms with Crippen molar-refractivity contribution < 1.29 is 0 Å². The Bertz CT molecular complexity index is 343. The number of aromatic amines is 1. The Balaban J connectivity index is 2.70. The maximum absolute atomic E-state index is 11.1. The van der Waals surface area contributed by atoms with Crippen LogP contribution in [0, 0.1) is 6.92 Å². The number of fused-ring (bicyclic) bond motifs is 1. The molecular weight excluding hydrogens is 146 g/mol. The highest BCUT2D eigenvalue weighted by Gasteiger charge is 2.13. The van der Waals surface area contributed by atoms with E-state index < -0.39 is 0 Å². The van der Waals surface area contributed by atoms with Crippen LogP contribution in [-0.4, -0.2) is 9.97 Å². The molecule has 1 aromatic heterocycles. The largest absolute Gasteiger partial charge is 0.309 e. The summed E-state index contributed by atoms with van der Waals surface area (Å²) in [5, 5.41) is 0. The smallest absolute Gasteiger partial charge is 0.277 e. The number of hydrogen-bond donors (Lipinski definition) is 4. The highest BCUT2D eigenvalue weighted by molar-refractivity contribution is 5.65. The Morgan fingerprint density at radius 3 is 3.00 bits per heavy atom. The molecule has 0 radical (unpaired) electrons. The van der Waals surface area contributed by atoms with Gasteiger partial charge in [-0.25, -0.2) is 4.98 Å². The molecule has 1 aromatic rings. The lowest BCUT2D eigenvalue weighted by Gasteiger charge is -1.95. The number of anilines is 2. The van der Waals surface area contributed by atoms with Crippen molar-refractivity contribution in [3.8, 4) is 0 Å². The summed E-state index contributed by atoms with van der Waals surface area (Å²) in [6.45, 7) is 1.72. The first-order chi connectivity index (χ1) is 5.27. The van der Waals surface area contributed by atoms with E-state index in [0.717, 1.165) is 0 Å². The van der Waals surface area contributed by atoms with Crippen LogP contribution in [0.25, 0.3) is 0 Å². The number of hydrogen-bond acceptors (Lipinski definition) is 5. The summed E-state index contributed by atoms with van der Waals surface area (Å²) in [7, 11) is 0. The molecule has 6 nitrogen and oxygen atoms in total. The molecule has 1 aliphatic heterocycles. The minimum atomic E-state index is -0.176. The summed E-state index contributed by atoms with van der Waals surface area (Å²) >= 11 is 0. The lowest BCUT2D eigenvalue weighted by molar-refractivity contribution is 0.994. The lowest BCUT2D eigenvalue weighted by atomic mass is 10.5. The van der Waals surface area contributed by atoms with Gasteiger partial charge in [-0.1, -0.05) is 0 Å². The van der Waals surface area contributed by atoms with Crippen molar-refractivity contribution in [2.75, 3.05) is 10.9 Å². The monoisotopic (exact) mass is 153 g/mol. The highest BCUT2D eigenvalue weighted by atomic mass is 16.1. The maximum atomic E-state index is 11.1. The molecule has 2 heterocycles.